The molecule has 21 heavy (non-hydrogen) atoms. The number of rotatable bonds is 2. The van der Waals surface area contributed by atoms with Gasteiger partial charge < -0.3 is 5.73 Å². The molecule has 3 heterocycles. The molecule has 0 aliphatic rings. The summed E-state index contributed by atoms with van der Waals surface area (Å²) in [6.45, 7) is 0. The molecule has 0 aliphatic carbocycles. The molecule has 102 valence electrons. The van der Waals surface area contributed by atoms with Crippen LogP contribution in [0, 0.1) is 0 Å². The van der Waals surface area contributed by atoms with Crippen LogP contribution in [-0.4, -0.2) is 24.8 Å². The van der Waals surface area contributed by atoms with E-state index in [1.54, 1.807) is 10.7 Å². The van der Waals surface area contributed by atoms with Gasteiger partial charge in [-0.15, -0.1) is 10.2 Å². The minimum Gasteiger partial charge on any atom is -0.397 e. The van der Waals surface area contributed by atoms with Gasteiger partial charge in [-0.3, -0.25) is 4.98 Å². The lowest BCUT2D eigenvalue weighted by molar-refractivity contribution is 0.967. The first-order valence-electron chi connectivity index (χ1n) is 6.31. The van der Waals surface area contributed by atoms with Crippen molar-refractivity contribution in [2.24, 2.45) is 0 Å². The highest BCUT2D eigenvalue weighted by Crippen LogP contribution is 2.26. The molecule has 3 aromatic heterocycles. The van der Waals surface area contributed by atoms with Gasteiger partial charge in [0, 0.05) is 5.56 Å². The molecule has 0 unspecified atom stereocenters. The summed E-state index contributed by atoms with van der Waals surface area (Å²) >= 11 is 1.45. The van der Waals surface area contributed by atoms with Crippen LogP contribution in [0.5, 0.6) is 0 Å². The molecule has 0 atom stereocenters. The first kappa shape index (κ1) is 12.0. The fourth-order valence-corrected chi connectivity index (χ4v) is 2.84. The Bertz CT molecular complexity index is 894. The summed E-state index contributed by atoms with van der Waals surface area (Å²) < 4.78 is 1.74. The van der Waals surface area contributed by atoms with Gasteiger partial charge in [0.25, 0.3) is 0 Å². The number of aromatic nitrogens is 5. The molecule has 0 spiro atoms. The molecule has 0 bridgehead atoms. The molecule has 0 aliphatic heterocycles. The van der Waals surface area contributed by atoms with Crippen LogP contribution in [0.15, 0.2) is 48.7 Å². The van der Waals surface area contributed by atoms with Crippen molar-refractivity contribution in [3.8, 4) is 22.1 Å². The predicted octanol–water partition coefficient (Wildman–Crippen LogP) is 2.50. The van der Waals surface area contributed by atoms with Crippen LogP contribution in [0.1, 0.15) is 0 Å². The maximum absolute atomic E-state index is 5.65. The third kappa shape index (κ3) is 2.03. The number of nitrogen functional groups attached to an aromatic ring is 1. The van der Waals surface area contributed by atoms with E-state index in [1.807, 2.05) is 42.5 Å². The highest BCUT2D eigenvalue weighted by Gasteiger charge is 2.14. The van der Waals surface area contributed by atoms with E-state index in [1.165, 1.54) is 11.3 Å². The number of pyridine rings is 1. The Morgan fingerprint density at radius 3 is 2.62 bits per heavy atom. The second-order valence-electron chi connectivity index (χ2n) is 4.47. The summed E-state index contributed by atoms with van der Waals surface area (Å²) in [5.74, 6) is 0.726. The molecule has 4 aromatic rings. The molecule has 0 fully saturated rings. The summed E-state index contributed by atoms with van der Waals surface area (Å²) in [7, 11) is 0. The Morgan fingerprint density at radius 2 is 1.86 bits per heavy atom. The van der Waals surface area contributed by atoms with Crippen molar-refractivity contribution in [3.63, 3.8) is 0 Å². The van der Waals surface area contributed by atoms with Crippen LogP contribution in [0.25, 0.3) is 27.1 Å². The van der Waals surface area contributed by atoms with Crippen LogP contribution in [0.3, 0.4) is 0 Å². The average Bonchev–Trinajstić information content (AvgIpc) is 3.09. The summed E-state index contributed by atoms with van der Waals surface area (Å²) in [5, 5.41) is 13.7. The fourth-order valence-electron chi connectivity index (χ4n) is 2.02. The Morgan fingerprint density at radius 1 is 1.00 bits per heavy atom. The van der Waals surface area contributed by atoms with E-state index in [-0.39, 0.29) is 0 Å². The number of nitrogens with zero attached hydrogens (tertiary/aromatic N) is 5. The van der Waals surface area contributed by atoms with E-state index in [9.17, 15) is 0 Å². The number of hydrogen-bond donors (Lipinski definition) is 1. The van der Waals surface area contributed by atoms with Gasteiger partial charge in [0.05, 0.1) is 11.9 Å². The van der Waals surface area contributed by atoms with Gasteiger partial charge >= 0.3 is 0 Å². The molecule has 6 nitrogen and oxygen atoms in total. The summed E-state index contributed by atoms with van der Waals surface area (Å²) in [6, 6.07) is 13.5. The number of benzene rings is 1. The molecule has 0 saturated carbocycles. The largest absolute Gasteiger partial charge is 0.397 e. The Balaban J connectivity index is 1.84. The van der Waals surface area contributed by atoms with Crippen LogP contribution in [0.4, 0.5) is 5.69 Å². The molecule has 4 rings (SSSR count). The van der Waals surface area contributed by atoms with E-state index in [0.717, 1.165) is 27.1 Å². The molecular weight excluding hydrogens is 284 g/mol. The molecule has 2 N–H and O–H groups in total. The van der Waals surface area contributed by atoms with Gasteiger partial charge in [-0.05, 0) is 12.1 Å². The minimum absolute atomic E-state index is 0.631. The fraction of sp³-hybridized carbons (Fsp3) is 0. The van der Waals surface area contributed by atoms with Crippen LogP contribution >= 0.6 is 11.3 Å². The minimum atomic E-state index is 0.631. The van der Waals surface area contributed by atoms with Crippen molar-refractivity contribution >= 4 is 22.0 Å². The first-order chi connectivity index (χ1) is 10.3. The lowest BCUT2D eigenvalue weighted by Crippen LogP contribution is -1.92. The molecular formula is C14H10N6S. The van der Waals surface area contributed by atoms with Gasteiger partial charge in [0.1, 0.15) is 5.69 Å². The third-order valence-corrected chi connectivity index (χ3v) is 3.95. The summed E-state index contributed by atoms with van der Waals surface area (Å²) in [4.78, 5) is 5.03. The van der Waals surface area contributed by atoms with Crippen LogP contribution < -0.4 is 5.73 Å². The number of anilines is 1. The van der Waals surface area contributed by atoms with Gasteiger partial charge in [0.2, 0.25) is 4.96 Å². The van der Waals surface area contributed by atoms with E-state index in [0.29, 0.717) is 5.69 Å². The Labute approximate surface area is 123 Å². The van der Waals surface area contributed by atoms with Gasteiger partial charge in [-0.2, -0.15) is 9.61 Å². The molecule has 7 heteroatoms. The predicted molar refractivity (Wildman–Crippen MR) is 81.7 cm³/mol. The quantitative estimate of drug-likeness (QED) is 0.614. The van der Waals surface area contributed by atoms with Crippen LogP contribution in [0.2, 0.25) is 0 Å². The van der Waals surface area contributed by atoms with Crippen molar-refractivity contribution < 1.29 is 0 Å². The summed E-state index contributed by atoms with van der Waals surface area (Å²) in [5.41, 5.74) is 8.04. The lowest BCUT2D eigenvalue weighted by Gasteiger charge is -1.96. The summed E-state index contributed by atoms with van der Waals surface area (Å²) in [6.07, 6.45) is 1.62. The maximum atomic E-state index is 5.65. The second-order valence-corrected chi connectivity index (χ2v) is 5.42. The van der Waals surface area contributed by atoms with Crippen molar-refractivity contribution in [2.45, 2.75) is 0 Å². The van der Waals surface area contributed by atoms with E-state index in [2.05, 4.69) is 20.3 Å². The molecule has 1 aromatic carbocycles. The average molecular weight is 294 g/mol. The van der Waals surface area contributed by atoms with Crippen LogP contribution in [-0.2, 0) is 0 Å². The number of nitrogens with two attached hydrogens (primary N) is 1. The SMILES string of the molecule is Nc1ccc(-c2nn3c(-c4ccccc4)nnc3s2)nc1. The van der Waals surface area contributed by atoms with E-state index < -0.39 is 0 Å². The molecule has 0 radical (unpaired) electrons. The highest BCUT2D eigenvalue weighted by molar-refractivity contribution is 7.19. The van der Waals surface area contributed by atoms with Gasteiger partial charge in [-0.1, -0.05) is 41.7 Å². The molecule has 0 amide bonds. The smallest absolute Gasteiger partial charge is 0.235 e. The second kappa shape index (κ2) is 4.64. The van der Waals surface area contributed by atoms with E-state index in [4.69, 9.17) is 5.73 Å². The van der Waals surface area contributed by atoms with Crippen molar-refractivity contribution in [2.75, 3.05) is 5.73 Å². The zero-order valence-corrected chi connectivity index (χ0v) is 11.7. The normalized spacial score (nSPS) is 11.0. The Kier molecular flexibility index (Phi) is 2.65. The van der Waals surface area contributed by atoms with Gasteiger partial charge in [0.15, 0.2) is 10.8 Å². The van der Waals surface area contributed by atoms with Crippen molar-refractivity contribution in [1.82, 2.24) is 24.8 Å². The molecule has 0 saturated heterocycles. The highest BCUT2D eigenvalue weighted by atomic mass is 32.1. The zero-order chi connectivity index (χ0) is 14.2. The maximum Gasteiger partial charge on any atom is 0.235 e. The standard InChI is InChI=1S/C14H10N6S/c15-10-6-7-11(16-8-10)13-19-20-12(17-18-14(20)21-13)9-4-2-1-3-5-9/h1-8H,15H2. The third-order valence-electron chi connectivity index (χ3n) is 3.03. The number of hydrogen-bond acceptors (Lipinski definition) is 6. The number of fused-ring (bicyclic) bond motifs is 1. The van der Waals surface area contributed by atoms with Crippen molar-refractivity contribution in [3.05, 3.63) is 48.7 Å². The topological polar surface area (TPSA) is 82.0 Å². The Hall–Kier alpha value is -2.80. The monoisotopic (exact) mass is 294 g/mol. The van der Waals surface area contributed by atoms with E-state index >= 15 is 0 Å². The van der Waals surface area contributed by atoms with Crippen molar-refractivity contribution in [1.29, 1.82) is 0 Å². The lowest BCUT2D eigenvalue weighted by atomic mass is 10.2. The van der Waals surface area contributed by atoms with Gasteiger partial charge in [-0.25, -0.2) is 0 Å². The first-order valence-corrected chi connectivity index (χ1v) is 7.12. The zero-order valence-electron chi connectivity index (χ0n) is 10.8.